The predicted octanol–water partition coefficient (Wildman–Crippen LogP) is 2.98. The molecule has 1 fully saturated rings. The standard InChI is InChI=1S/C20H24N4O2S/c1-15-7-8-16(26-15)13-22(2)19(25)14-23-9-11-24(12-10-23)20-21-17-5-3-4-6-18(17)27-20/h3-8H,9-14H2,1-2H3. The van der Waals surface area contributed by atoms with Crippen LogP contribution in [0.15, 0.2) is 40.8 Å². The molecule has 0 radical (unpaired) electrons. The van der Waals surface area contributed by atoms with Crippen molar-refractivity contribution >= 4 is 32.6 Å². The van der Waals surface area contributed by atoms with E-state index in [1.165, 1.54) is 4.70 Å². The molecule has 0 bridgehead atoms. The molecule has 0 aliphatic carbocycles. The smallest absolute Gasteiger partial charge is 0.236 e. The van der Waals surface area contributed by atoms with Crippen LogP contribution in [0.3, 0.4) is 0 Å². The number of fused-ring (bicyclic) bond motifs is 1. The van der Waals surface area contributed by atoms with E-state index in [4.69, 9.17) is 9.40 Å². The molecule has 1 aliphatic heterocycles. The van der Waals surface area contributed by atoms with Crippen molar-refractivity contribution in [3.8, 4) is 0 Å². The van der Waals surface area contributed by atoms with Crippen molar-refractivity contribution in [1.29, 1.82) is 0 Å². The summed E-state index contributed by atoms with van der Waals surface area (Å²) in [5, 5.41) is 1.08. The number of anilines is 1. The molecule has 1 saturated heterocycles. The number of rotatable bonds is 5. The maximum atomic E-state index is 12.5. The van der Waals surface area contributed by atoms with Gasteiger partial charge in [0.1, 0.15) is 11.5 Å². The molecule has 0 saturated carbocycles. The van der Waals surface area contributed by atoms with Gasteiger partial charge in [0.25, 0.3) is 0 Å². The highest BCUT2D eigenvalue weighted by Gasteiger charge is 2.22. The Hall–Kier alpha value is -2.38. The van der Waals surface area contributed by atoms with Gasteiger partial charge in [0, 0.05) is 33.2 Å². The number of aryl methyl sites for hydroxylation is 1. The fraction of sp³-hybridized carbons (Fsp3) is 0.400. The van der Waals surface area contributed by atoms with Gasteiger partial charge >= 0.3 is 0 Å². The van der Waals surface area contributed by atoms with Gasteiger partial charge < -0.3 is 14.2 Å². The SMILES string of the molecule is Cc1ccc(CN(C)C(=O)CN2CCN(c3nc4ccccc4s3)CC2)o1. The van der Waals surface area contributed by atoms with E-state index in [-0.39, 0.29) is 5.91 Å². The van der Waals surface area contributed by atoms with E-state index < -0.39 is 0 Å². The number of hydrogen-bond acceptors (Lipinski definition) is 6. The Morgan fingerprint density at radius 3 is 2.67 bits per heavy atom. The summed E-state index contributed by atoms with van der Waals surface area (Å²) in [6, 6.07) is 12.1. The second kappa shape index (κ2) is 7.70. The zero-order valence-electron chi connectivity index (χ0n) is 15.7. The summed E-state index contributed by atoms with van der Waals surface area (Å²) in [5.74, 6) is 1.82. The van der Waals surface area contributed by atoms with E-state index in [0.717, 1.165) is 48.3 Å². The average molecular weight is 385 g/mol. The van der Waals surface area contributed by atoms with Crippen molar-refractivity contribution in [1.82, 2.24) is 14.8 Å². The van der Waals surface area contributed by atoms with Crippen molar-refractivity contribution in [2.24, 2.45) is 0 Å². The summed E-state index contributed by atoms with van der Waals surface area (Å²) < 4.78 is 6.78. The van der Waals surface area contributed by atoms with Crippen LogP contribution in [0.4, 0.5) is 5.13 Å². The third kappa shape index (κ3) is 4.14. The van der Waals surface area contributed by atoms with Crippen LogP contribution in [-0.4, -0.2) is 60.5 Å². The van der Waals surface area contributed by atoms with E-state index in [2.05, 4.69) is 21.9 Å². The zero-order valence-corrected chi connectivity index (χ0v) is 16.5. The summed E-state index contributed by atoms with van der Waals surface area (Å²) in [7, 11) is 1.83. The summed E-state index contributed by atoms with van der Waals surface area (Å²) in [5.41, 5.74) is 1.06. The fourth-order valence-corrected chi connectivity index (χ4v) is 4.31. The molecule has 2 aromatic heterocycles. The van der Waals surface area contributed by atoms with E-state index >= 15 is 0 Å². The Bertz CT molecular complexity index is 894. The normalized spacial score (nSPS) is 15.4. The molecule has 0 N–H and O–H groups in total. The zero-order chi connectivity index (χ0) is 18.8. The second-order valence-electron chi connectivity index (χ2n) is 6.99. The number of carbonyl (C=O) groups is 1. The largest absolute Gasteiger partial charge is 0.464 e. The van der Waals surface area contributed by atoms with Gasteiger partial charge in [0.2, 0.25) is 5.91 Å². The van der Waals surface area contributed by atoms with Gasteiger partial charge in [-0.05, 0) is 31.2 Å². The van der Waals surface area contributed by atoms with Crippen molar-refractivity contribution in [3.63, 3.8) is 0 Å². The Kier molecular flexibility index (Phi) is 5.13. The maximum Gasteiger partial charge on any atom is 0.236 e. The lowest BCUT2D eigenvalue weighted by molar-refractivity contribution is -0.132. The number of benzene rings is 1. The molecule has 6 nitrogen and oxygen atoms in total. The number of aromatic nitrogens is 1. The Morgan fingerprint density at radius 2 is 1.96 bits per heavy atom. The molecule has 27 heavy (non-hydrogen) atoms. The highest BCUT2D eigenvalue weighted by Crippen LogP contribution is 2.29. The molecule has 3 heterocycles. The molecule has 0 unspecified atom stereocenters. The lowest BCUT2D eigenvalue weighted by Gasteiger charge is -2.34. The van der Waals surface area contributed by atoms with Crippen LogP contribution >= 0.6 is 11.3 Å². The Balaban J connectivity index is 1.29. The highest BCUT2D eigenvalue weighted by molar-refractivity contribution is 7.22. The quantitative estimate of drug-likeness (QED) is 0.677. The molecule has 1 aliphatic rings. The van der Waals surface area contributed by atoms with Crippen molar-refractivity contribution in [3.05, 3.63) is 47.9 Å². The number of piperazine rings is 1. The number of para-hydroxylation sites is 1. The summed E-state index contributed by atoms with van der Waals surface area (Å²) >= 11 is 1.74. The molecule has 4 rings (SSSR count). The molecular formula is C20H24N4O2S. The fourth-order valence-electron chi connectivity index (χ4n) is 3.30. The minimum atomic E-state index is 0.123. The molecular weight excluding hydrogens is 360 g/mol. The number of furan rings is 1. The highest BCUT2D eigenvalue weighted by atomic mass is 32.1. The van der Waals surface area contributed by atoms with Crippen LogP contribution in [0.25, 0.3) is 10.2 Å². The van der Waals surface area contributed by atoms with Gasteiger partial charge in [-0.3, -0.25) is 9.69 Å². The minimum Gasteiger partial charge on any atom is -0.464 e. The molecule has 3 aromatic rings. The maximum absolute atomic E-state index is 12.5. The van der Waals surface area contributed by atoms with E-state index in [9.17, 15) is 4.79 Å². The molecule has 142 valence electrons. The third-order valence-electron chi connectivity index (χ3n) is 4.90. The van der Waals surface area contributed by atoms with Crippen LogP contribution in [-0.2, 0) is 11.3 Å². The van der Waals surface area contributed by atoms with Gasteiger partial charge in [0.05, 0.1) is 23.3 Å². The van der Waals surface area contributed by atoms with Gasteiger partial charge in [-0.1, -0.05) is 23.5 Å². The molecule has 1 amide bonds. The first-order chi connectivity index (χ1) is 13.1. The van der Waals surface area contributed by atoms with E-state index in [1.807, 2.05) is 38.2 Å². The predicted molar refractivity (Wildman–Crippen MR) is 108 cm³/mol. The number of likely N-dealkylation sites (N-methyl/N-ethyl adjacent to an activating group) is 1. The van der Waals surface area contributed by atoms with Crippen molar-refractivity contribution in [2.75, 3.05) is 44.7 Å². The number of thiazole rings is 1. The van der Waals surface area contributed by atoms with Gasteiger partial charge in [0.15, 0.2) is 5.13 Å². The van der Waals surface area contributed by atoms with Crippen LogP contribution in [0.2, 0.25) is 0 Å². The summed E-state index contributed by atoms with van der Waals surface area (Å²) in [6.45, 7) is 6.41. The Morgan fingerprint density at radius 1 is 1.19 bits per heavy atom. The van der Waals surface area contributed by atoms with Crippen LogP contribution < -0.4 is 4.90 Å². The van der Waals surface area contributed by atoms with Crippen LogP contribution in [0.1, 0.15) is 11.5 Å². The average Bonchev–Trinajstić information content (AvgIpc) is 3.28. The number of carbonyl (C=O) groups excluding carboxylic acids is 1. The van der Waals surface area contributed by atoms with E-state index in [0.29, 0.717) is 13.1 Å². The topological polar surface area (TPSA) is 52.8 Å². The number of hydrogen-bond donors (Lipinski definition) is 0. The second-order valence-corrected chi connectivity index (χ2v) is 8.00. The van der Waals surface area contributed by atoms with Crippen LogP contribution in [0, 0.1) is 6.92 Å². The monoisotopic (exact) mass is 384 g/mol. The van der Waals surface area contributed by atoms with E-state index in [1.54, 1.807) is 16.2 Å². The van der Waals surface area contributed by atoms with Gasteiger partial charge in [-0.2, -0.15) is 0 Å². The first-order valence-corrected chi connectivity index (χ1v) is 10.0. The molecule has 1 aromatic carbocycles. The summed E-state index contributed by atoms with van der Waals surface area (Å²) in [6.07, 6.45) is 0. The summed E-state index contributed by atoms with van der Waals surface area (Å²) in [4.78, 5) is 23.5. The van der Waals surface area contributed by atoms with Crippen LogP contribution in [0.5, 0.6) is 0 Å². The van der Waals surface area contributed by atoms with Gasteiger partial charge in [-0.25, -0.2) is 4.98 Å². The first-order valence-electron chi connectivity index (χ1n) is 9.20. The molecule has 7 heteroatoms. The van der Waals surface area contributed by atoms with Gasteiger partial charge in [-0.15, -0.1) is 0 Å². The minimum absolute atomic E-state index is 0.123. The first kappa shape index (κ1) is 18.0. The lowest BCUT2D eigenvalue weighted by Crippen LogP contribution is -2.49. The third-order valence-corrected chi connectivity index (χ3v) is 6.00. The molecule has 0 spiro atoms. The van der Waals surface area contributed by atoms with Crippen molar-refractivity contribution in [2.45, 2.75) is 13.5 Å². The number of nitrogens with zero attached hydrogens (tertiary/aromatic N) is 4. The Labute approximate surface area is 163 Å². The number of amides is 1. The molecule has 0 atom stereocenters. The lowest BCUT2D eigenvalue weighted by atomic mass is 10.3. The van der Waals surface area contributed by atoms with Crippen molar-refractivity contribution < 1.29 is 9.21 Å².